The maximum atomic E-state index is 12.6. The van der Waals surface area contributed by atoms with E-state index >= 15 is 0 Å². The smallest absolute Gasteiger partial charge is 0.321 e. The van der Waals surface area contributed by atoms with Gasteiger partial charge in [-0.2, -0.15) is 0 Å². The molecule has 2 aromatic carbocycles. The summed E-state index contributed by atoms with van der Waals surface area (Å²) in [6.07, 6.45) is 0.528. The van der Waals surface area contributed by atoms with E-state index in [-0.39, 0.29) is 17.8 Å². The molecule has 0 aliphatic carbocycles. The average molecular weight is 339 g/mol. The maximum absolute atomic E-state index is 12.6. The van der Waals surface area contributed by atoms with Crippen LogP contribution in [0.4, 0.5) is 10.5 Å². The molecule has 0 unspecified atom stereocenters. The quantitative estimate of drug-likeness (QED) is 0.686. The zero-order valence-corrected chi connectivity index (χ0v) is 13.6. The number of hydrogen-bond donors (Lipinski definition) is 1. The summed E-state index contributed by atoms with van der Waals surface area (Å²) >= 11 is 0. The van der Waals surface area contributed by atoms with E-state index in [1.807, 2.05) is 37.3 Å². The highest BCUT2D eigenvalue weighted by Gasteiger charge is 2.49. The number of amides is 2. The first kappa shape index (κ1) is 15.4. The lowest BCUT2D eigenvalue weighted by atomic mass is 9.90. The molecule has 0 aromatic heterocycles. The normalized spacial score (nSPS) is 24.1. The van der Waals surface area contributed by atoms with Crippen molar-refractivity contribution in [2.75, 3.05) is 0 Å². The molecule has 2 heterocycles. The van der Waals surface area contributed by atoms with Gasteiger partial charge >= 0.3 is 6.03 Å². The standard InChI is InChI=1S/C18H17N3O4/c1-18-10-15(14-9-13(21(23)24)7-8-16(14)25-18)19-17(22)20(18)11-12-5-3-2-4-6-12/h2-9,15H,10-11H2,1H3,(H,19,22)/t15-,18-/m1/s1. The Kier molecular flexibility index (Phi) is 3.38. The molecular formula is C18H17N3O4. The van der Waals surface area contributed by atoms with Crippen molar-refractivity contribution in [1.82, 2.24) is 10.2 Å². The van der Waals surface area contributed by atoms with Gasteiger partial charge < -0.3 is 10.1 Å². The van der Waals surface area contributed by atoms with Crippen LogP contribution in [-0.2, 0) is 6.54 Å². The highest BCUT2D eigenvalue weighted by Crippen LogP contribution is 2.45. The van der Waals surface area contributed by atoms with Crippen LogP contribution in [0.25, 0.3) is 0 Å². The van der Waals surface area contributed by atoms with Crippen molar-refractivity contribution >= 4 is 11.7 Å². The summed E-state index contributed by atoms with van der Waals surface area (Å²) in [4.78, 5) is 24.9. The Hall–Kier alpha value is -3.09. The molecule has 2 aromatic rings. The highest BCUT2D eigenvalue weighted by molar-refractivity contribution is 5.77. The number of hydrogen-bond acceptors (Lipinski definition) is 4. The number of carbonyl (C=O) groups is 1. The summed E-state index contributed by atoms with van der Waals surface area (Å²) in [5.74, 6) is 0.572. The zero-order chi connectivity index (χ0) is 17.6. The summed E-state index contributed by atoms with van der Waals surface area (Å²) < 4.78 is 6.12. The van der Waals surface area contributed by atoms with Crippen molar-refractivity contribution in [2.45, 2.75) is 31.7 Å². The highest BCUT2D eigenvalue weighted by atomic mass is 16.6. The molecule has 2 atom stereocenters. The fourth-order valence-corrected chi connectivity index (χ4v) is 3.52. The number of nitro groups is 1. The van der Waals surface area contributed by atoms with Crippen LogP contribution in [0, 0.1) is 10.1 Å². The second-order valence-electron chi connectivity index (χ2n) is 6.53. The molecule has 0 saturated carbocycles. The summed E-state index contributed by atoms with van der Waals surface area (Å²) in [5.41, 5.74) is 0.855. The summed E-state index contributed by atoms with van der Waals surface area (Å²) in [6, 6.07) is 13.7. The Morgan fingerprint density at radius 2 is 2.08 bits per heavy atom. The van der Waals surface area contributed by atoms with Gasteiger partial charge in [-0.15, -0.1) is 0 Å². The lowest BCUT2D eigenvalue weighted by molar-refractivity contribution is -0.385. The number of nitro benzene ring substituents is 1. The number of urea groups is 1. The van der Waals surface area contributed by atoms with Crippen LogP contribution < -0.4 is 10.1 Å². The molecule has 0 spiro atoms. The third-order valence-electron chi connectivity index (χ3n) is 4.79. The second-order valence-corrected chi connectivity index (χ2v) is 6.53. The van der Waals surface area contributed by atoms with Gasteiger partial charge in [-0.05, 0) is 18.6 Å². The molecule has 25 heavy (non-hydrogen) atoms. The monoisotopic (exact) mass is 339 g/mol. The first-order valence-electron chi connectivity index (χ1n) is 8.06. The molecule has 7 nitrogen and oxygen atoms in total. The van der Waals surface area contributed by atoms with E-state index in [9.17, 15) is 14.9 Å². The number of rotatable bonds is 3. The minimum atomic E-state index is -0.800. The predicted molar refractivity (Wildman–Crippen MR) is 90.0 cm³/mol. The largest absolute Gasteiger partial charge is 0.468 e. The van der Waals surface area contributed by atoms with E-state index < -0.39 is 10.6 Å². The van der Waals surface area contributed by atoms with Gasteiger partial charge in [-0.25, -0.2) is 4.79 Å². The van der Waals surface area contributed by atoms with Crippen molar-refractivity contribution in [3.63, 3.8) is 0 Å². The number of carbonyl (C=O) groups excluding carboxylic acids is 1. The Morgan fingerprint density at radius 3 is 2.80 bits per heavy atom. The topological polar surface area (TPSA) is 84.7 Å². The molecule has 2 bridgehead atoms. The van der Waals surface area contributed by atoms with Crippen LogP contribution in [0.3, 0.4) is 0 Å². The lowest BCUT2D eigenvalue weighted by Crippen LogP contribution is -2.64. The van der Waals surface area contributed by atoms with Gasteiger partial charge in [0.05, 0.1) is 17.5 Å². The van der Waals surface area contributed by atoms with Crippen molar-refractivity contribution in [3.05, 3.63) is 69.8 Å². The Balaban J connectivity index is 1.69. The van der Waals surface area contributed by atoms with Crippen LogP contribution in [0.1, 0.15) is 30.5 Å². The molecule has 7 heteroatoms. The van der Waals surface area contributed by atoms with Gasteiger partial charge in [-0.3, -0.25) is 15.0 Å². The number of ether oxygens (including phenoxy) is 1. The van der Waals surface area contributed by atoms with Gasteiger partial charge in [-0.1, -0.05) is 30.3 Å². The second kappa shape index (κ2) is 5.47. The van der Waals surface area contributed by atoms with E-state index in [2.05, 4.69) is 5.32 Å². The fourth-order valence-electron chi connectivity index (χ4n) is 3.52. The number of fused-ring (bicyclic) bond motifs is 4. The zero-order valence-electron chi connectivity index (χ0n) is 13.6. The molecule has 1 N–H and O–H groups in total. The Labute approximate surface area is 144 Å². The molecule has 1 fully saturated rings. The number of non-ortho nitro benzene ring substituents is 1. The molecule has 2 amide bonds. The van der Waals surface area contributed by atoms with Crippen LogP contribution in [-0.4, -0.2) is 21.6 Å². The molecule has 2 aliphatic rings. The molecule has 4 rings (SSSR count). The van der Waals surface area contributed by atoms with E-state index in [0.29, 0.717) is 24.3 Å². The third kappa shape index (κ3) is 2.57. The number of nitrogens with zero attached hydrogens (tertiary/aromatic N) is 2. The van der Waals surface area contributed by atoms with Gasteiger partial charge in [0.1, 0.15) is 5.75 Å². The summed E-state index contributed by atoms with van der Waals surface area (Å²) in [5, 5.41) is 14.0. The molecule has 128 valence electrons. The van der Waals surface area contributed by atoms with Crippen LogP contribution in [0.15, 0.2) is 48.5 Å². The van der Waals surface area contributed by atoms with Gasteiger partial charge in [0.25, 0.3) is 5.69 Å². The summed E-state index contributed by atoms with van der Waals surface area (Å²) in [7, 11) is 0. The van der Waals surface area contributed by atoms with Crippen molar-refractivity contribution < 1.29 is 14.5 Å². The number of nitrogens with one attached hydrogen (secondary N) is 1. The van der Waals surface area contributed by atoms with Crippen molar-refractivity contribution in [3.8, 4) is 5.75 Å². The average Bonchev–Trinajstić information content (AvgIpc) is 2.59. The molecule has 1 saturated heterocycles. The van der Waals surface area contributed by atoms with E-state index in [4.69, 9.17) is 4.74 Å². The lowest BCUT2D eigenvalue weighted by Gasteiger charge is -2.50. The van der Waals surface area contributed by atoms with Gasteiger partial charge in [0.2, 0.25) is 0 Å². The summed E-state index contributed by atoms with van der Waals surface area (Å²) in [6.45, 7) is 2.31. The Bertz CT molecular complexity index is 855. The van der Waals surface area contributed by atoms with Crippen LogP contribution in [0.2, 0.25) is 0 Å². The van der Waals surface area contributed by atoms with E-state index in [1.54, 1.807) is 11.0 Å². The van der Waals surface area contributed by atoms with Crippen molar-refractivity contribution in [1.29, 1.82) is 0 Å². The minimum absolute atomic E-state index is 0.00748. The fraction of sp³-hybridized carbons (Fsp3) is 0.278. The molecule has 0 radical (unpaired) electrons. The van der Waals surface area contributed by atoms with Gasteiger partial charge in [0, 0.05) is 24.1 Å². The minimum Gasteiger partial charge on any atom is -0.468 e. The first-order chi connectivity index (χ1) is 12.0. The Morgan fingerprint density at radius 1 is 1.32 bits per heavy atom. The molecule has 2 aliphatic heterocycles. The molecular weight excluding hydrogens is 322 g/mol. The van der Waals surface area contributed by atoms with Crippen molar-refractivity contribution in [2.24, 2.45) is 0 Å². The van der Waals surface area contributed by atoms with Crippen LogP contribution >= 0.6 is 0 Å². The van der Waals surface area contributed by atoms with E-state index in [1.165, 1.54) is 12.1 Å². The van der Waals surface area contributed by atoms with Gasteiger partial charge in [0.15, 0.2) is 5.72 Å². The first-order valence-corrected chi connectivity index (χ1v) is 8.06. The van der Waals surface area contributed by atoms with Crippen LogP contribution in [0.5, 0.6) is 5.75 Å². The maximum Gasteiger partial charge on any atom is 0.321 e. The number of benzene rings is 2. The van der Waals surface area contributed by atoms with E-state index in [0.717, 1.165) is 5.56 Å². The SMILES string of the molecule is C[C@@]12C[C@@H](NC(=O)N1Cc1ccccc1)c1cc([N+](=O)[O-])ccc1O2. The predicted octanol–water partition coefficient (Wildman–Crippen LogP) is 3.36. The third-order valence-corrected chi connectivity index (χ3v) is 4.79.